The van der Waals surface area contributed by atoms with Gasteiger partial charge < -0.3 is 10.6 Å². The van der Waals surface area contributed by atoms with Gasteiger partial charge in [-0.05, 0) is 113 Å². The number of nitrogens with two attached hydrogens (primary N) is 1. The van der Waals surface area contributed by atoms with Gasteiger partial charge in [-0.2, -0.15) is 0 Å². The zero-order valence-corrected chi connectivity index (χ0v) is 29.4. The summed E-state index contributed by atoms with van der Waals surface area (Å²) in [6.07, 6.45) is 22.7. The lowest BCUT2D eigenvalue weighted by atomic mass is 9.67. The highest BCUT2D eigenvalue weighted by Gasteiger charge is 2.33. The first kappa shape index (κ1) is 37.0. The van der Waals surface area contributed by atoms with E-state index in [4.69, 9.17) is 5.73 Å². The van der Waals surface area contributed by atoms with Crippen molar-refractivity contribution >= 4 is 11.4 Å². The molecule has 0 aromatic heterocycles. The highest BCUT2D eigenvalue weighted by molar-refractivity contribution is 5.71. The Morgan fingerprint density at radius 2 is 1.58 bits per heavy atom. The van der Waals surface area contributed by atoms with Crippen LogP contribution in [0.2, 0.25) is 0 Å². The molecule has 1 saturated carbocycles. The van der Waals surface area contributed by atoms with Crippen molar-refractivity contribution in [3.8, 4) is 0 Å². The predicted molar refractivity (Wildman–Crippen MR) is 195 cm³/mol. The smallest absolute Gasteiger partial charge is 0.0629 e. The van der Waals surface area contributed by atoms with Crippen molar-refractivity contribution in [1.82, 2.24) is 0 Å². The van der Waals surface area contributed by atoms with Crippen LogP contribution in [0, 0.1) is 32.6 Å². The fourth-order valence-electron chi connectivity index (χ4n) is 7.64. The van der Waals surface area contributed by atoms with Crippen LogP contribution in [0.3, 0.4) is 0 Å². The maximum atomic E-state index is 6.10. The minimum Gasteiger partial charge on any atom is -0.397 e. The van der Waals surface area contributed by atoms with Crippen LogP contribution in [0.25, 0.3) is 0 Å². The van der Waals surface area contributed by atoms with Crippen molar-refractivity contribution < 1.29 is 0 Å². The molecule has 2 aliphatic rings. The van der Waals surface area contributed by atoms with E-state index in [1.54, 1.807) is 11.6 Å². The van der Waals surface area contributed by atoms with Crippen LogP contribution in [0.4, 0.5) is 11.4 Å². The summed E-state index contributed by atoms with van der Waals surface area (Å²) in [5, 5.41) is 0. The zero-order valence-electron chi connectivity index (χ0n) is 29.4. The lowest BCUT2D eigenvalue weighted by Gasteiger charge is -2.38. The molecule has 2 unspecified atom stereocenters. The van der Waals surface area contributed by atoms with E-state index in [9.17, 15) is 0 Å². The van der Waals surface area contributed by atoms with Gasteiger partial charge in [-0.15, -0.1) is 6.58 Å². The molecule has 2 atom stereocenters. The zero-order chi connectivity index (χ0) is 31.7. The minimum atomic E-state index is 0.429. The molecular formula is C41H68N2. The molecule has 2 nitrogen and oxygen atoms in total. The van der Waals surface area contributed by atoms with E-state index in [0.717, 1.165) is 30.6 Å². The Kier molecular flexibility index (Phi) is 17.1. The molecule has 2 aromatic carbocycles. The van der Waals surface area contributed by atoms with Crippen molar-refractivity contribution in [2.45, 2.75) is 150 Å². The normalized spacial score (nSPS) is 18.8. The quantitative estimate of drug-likeness (QED) is 0.221. The van der Waals surface area contributed by atoms with Crippen molar-refractivity contribution in [2.24, 2.45) is 11.8 Å². The number of aryl methyl sites for hydroxylation is 3. The highest BCUT2D eigenvalue weighted by Crippen LogP contribution is 2.43. The number of para-hydroxylation sites is 1. The summed E-state index contributed by atoms with van der Waals surface area (Å²) in [4.78, 5) is 2.47. The summed E-state index contributed by atoms with van der Waals surface area (Å²) in [6, 6.07) is 13.4. The van der Waals surface area contributed by atoms with Gasteiger partial charge in [0, 0.05) is 13.1 Å². The molecule has 2 heteroatoms. The first-order valence-corrected chi connectivity index (χ1v) is 18.0. The largest absolute Gasteiger partial charge is 0.397 e. The minimum absolute atomic E-state index is 0.429. The average molecular weight is 589 g/mol. The van der Waals surface area contributed by atoms with Gasteiger partial charge in [0.25, 0.3) is 0 Å². The first-order chi connectivity index (χ1) is 20.7. The summed E-state index contributed by atoms with van der Waals surface area (Å²) >= 11 is 0. The van der Waals surface area contributed by atoms with Crippen molar-refractivity contribution in [2.75, 3.05) is 23.7 Å². The summed E-state index contributed by atoms with van der Waals surface area (Å²) < 4.78 is 0. The van der Waals surface area contributed by atoms with Gasteiger partial charge in [0.15, 0.2) is 0 Å². The van der Waals surface area contributed by atoms with E-state index in [2.05, 4.69) is 77.3 Å². The van der Waals surface area contributed by atoms with Crippen LogP contribution in [0.1, 0.15) is 146 Å². The van der Waals surface area contributed by atoms with Gasteiger partial charge in [-0.3, -0.25) is 0 Å². The molecule has 1 saturated heterocycles. The lowest BCUT2D eigenvalue weighted by Crippen LogP contribution is -2.28. The maximum Gasteiger partial charge on any atom is 0.0629 e. The molecule has 242 valence electrons. The third kappa shape index (κ3) is 12.0. The number of rotatable bonds is 10. The molecule has 2 N–H and O–H groups in total. The van der Waals surface area contributed by atoms with Crippen molar-refractivity contribution in [3.63, 3.8) is 0 Å². The Bertz CT molecular complexity index is 1030. The number of hydrogen-bond donors (Lipinski definition) is 1. The van der Waals surface area contributed by atoms with Crippen LogP contribution in [0.5, 0.6) is 0 Å². The number of anilines is 2. The van der Waals surface area contributed by atoms with E-state index in [1.807, 2.05) is 19.1 Å². The number of unbranched alkanes of at least 4 members (excludes halogenated alkanes) is 1. The summed E-state index contributed by atoms with van der Waals surface area (Å²) in [5.41, 5.74) is 14.6. The predicted octanol–water partition coefficient (Wildman–Crippen LogP) is 12.3. The number of benzene rings is 2. The molecule has 43 heavy (non-hydrogen) atoms. The summed E-state index contributed by atoms with van der Waals surface area (Å²) in [7, 11) is 0. The Labute approximate surface area is 267 Å². The number of hydrogen-bond acceptors (Lipinski definition) is 2. The van der Waals surface area contributed by atoms with E-state index in [-0.39, 0.29) is 0 Å². The first-order valence-electron chi connectivity index (χ1n) is 18.0. The van der Waals surface area contributed by atoms with Gasteiger partial charge in [0.1, 0.15) is 0 Å². The lowest BCUT2D eigenvalue weighted by molar-refractivity contribution is 0.258. The molecule has 1 aliphatic heterocycles. The number of nitrogens with zero attached hydrogens (tertiary/aromatic N) is 1. The van der Waals surface area contributed by atoms with E-state index >= 15 is 0 Å². The number of allylic oxidation sites excluding steroid dienone is 1. The molecule has 1 aliphatic carbocycles. The third-order valence-corrected chi connectivity index (χ3v) is 10.1. The molecule has 0 radical (unpaired) electrons. The molecule has 1 heterocycles. The molecule has 2 fully saturated rings. The molecule has 4 rings (SSSR count). The van der Waals surface area contributed by atoms with Gasteiger partial charge >= 0.3 is 0 Å². The average Bonchev–Trinajstić information content (AvgIpc) is 3.21. The van der Waals surface area contributed by atoms with Gasteiger partial charge in [0.05, 0.1) is 11.4 Å². The second-order valence-corrected chi connectivity index (χ2v) is 13.9. The topological polar surface area (TPSA) is 29.3 Å². The Hall–Kier alpha value is -2.22. The molecule has 0 bridgehead atoms. The van der Waals surface area contributed by atoms with Gasteiger partial charge in [-0.25, -0.2) is 0 Å². The second kappa shape index (κ2) is 19.9. The van der Waals surface area contributed by atoms with Crippen LogP contribution in [-0.2, 0) is 5.41 Å². The molecule has 0 amide bonds. The monoisotopic (exact) mass is 589 g/mol. The van der Waals surface area contributed by atoms with Crippen LogP contribution in [0.15, 0.2) is 49.1 Å². The fourth-order valence-corrected chi connectivity index (χ4v) is 7.64. The van der Waals surface area contributed by atoms with Crippen molar-refractivity contribution in [3.05, 3.63) is 71.3 Å². The fraction of sp³-hybridized carbons (Fsp3) is 0.659. The SMILES string of the molecule is C=CC.CCCCC(CCC)(CCC1CCCCC1)c1cc(C)ccc1C.Cc1cccc(N)c1N1CCCC(C)CC1. The summed E-state index contributed by atoms with van der Waals surface area (Å²) in [6.45, 7) is 21.4. The van der Waals surface area contributed by atoms with Crippen LogP contribution >= 0.6 is 0 Å². The van der Waals surface area contributed by atoms with Gasteiger partial charge in [-0.1, -0.05) is 114 Å². The van der Waals surface area contributed by atoms with E-state index < -0.39 is 0 Å². The van der Waals surface area contributed by atoms with E-state index in [0.29, 0.717) is 5.41 Å². The molecular weight excluding hydrogens is 520 g/mol. The Balaban J connectivity index is 0.000000293. The third-order valence-electron chi connectivity index (χ3n) is 10.1. The molecule has 0 spiro atoms. The standard InChI is InChI=1S/C24H40.C14H22N2.C3H6/c1-5-7-17-24(16-6-2,18-15-22-11-9-8-10-12-22)23-19-20(3)13-14-21(23)4;1-11-5-4-9-16(10-8-11)14-12(2)6-3-7-13(14)15;1-3-2/h13-14,19,22H,5-12,15-18H2,1-4H3;3,6-7,11H,4-5,8-10,15H2,1-2H3;3H,1H2,2H3. The number of nitrogen functional groups attached to an aromatic ring is 1. The summed E-state index contributed by atoms with van der Waals surface area (Å²) in [5.74, 6) is 1.86. The van der Waals surface area contributed by atoms with Crippen LogP contribution < -0.4 is 10.6 Å². The Morgan fingerprint density at radius 3 is 2.23 bits per heavy atom. The van der Waals surface area contributed by atoms with Crippen LogP contribution in [-0.4, -0.2) is 13.1 Å². The van der Waals surface area contributed by atoms with Crippen molar-refractivity contribution in [1.29, 1.82) is 0 Å². The van der Waals surface area contributed by atoms with Gasteiger partial charge in [0.2, 0.25) is 0 Å². The second-order valence-electron chi connectivity index (χ2n) is 13.9. The molecule has 2 aromatic rings. The van der Waals surface area contributed by atoms with E-state index in [1.165, 1.54) is 119 Å². The highest BCUT2D eigenvalue weighted by atomic mass is 15.1. The maximum absolute atomic E-state index is 6.10. The Morgan fingerprint density at radius 1 is 0.860 bits per heavy atom.